The first-order valence-electron chi connectivity index (χ1n) is 7.67. The van der Waals surface area contributed by atoms with Crippen molar-refractivity contribution >= 4 is 27.3 Å². The Balaban J connectivity index is 1.64. The Morgan fingerprint density at radius 3 is 2.41 bits per heavy atom. The molecule has 0 saturated carbocycles. The van der Waals surface area contributed by atoms with Crippen LogP contribution in [0, 0.1) is 5.82 Å². The van der Waals surface area contributed by atoms with Gasteiger partial charge in [0.25, 0.3) is 5.91 Å². The van der Waals surface area contributed by atoms with Crippen molar-refractivity contribution in [3.05, 3.63) is 76.4 Å². The third-order valence-electron chi connectivity index (χ3n) is 3.49. The maximum absolute atomic E-state index is 12.9. The number of amides is 1. The average molecular weight is 410 g/mol. The Hall–Kier alpha value is -2.78. The molecule has 0 aliphatic heterocycles. The van der Waals surface area contributed by atoms with Gasteiger partial charge in [-0.25, -0.2) is 12.8 Å². The predicted octanol–water partition coefficient (Wildman–Crippen LogP) is 2.77. The van der Waals surface area contributed by atoms with Gasteiger partial charge in [0.2, 0.25) is 15.7 Å². The molecule has 1 heterocycles. The van der Waals surface area contributed by atoms with Crippen molar-refractivity contribution in [1.29, 1.82) is 0 Å². The number of benzene rings is 2. The summed E-state index contributed by atoms with van der Waals surface area (Å²) in [6.45, 7) is -0.167. The highest BCUT2D eigenvalue weighted by molar-refractivity contribution is 7.90. The zero-order valence-corrected chi connectivity index (χ0v) is 15.3. The van der Waals surface area contributed by atoms with Gasteiger partial charge in [-0.2, -0.15) is 0 Å². The fourth-order valence-corrected chi connectivity index (χ4v) is 3.43. The number of sulfone groups is 1. The van der Waals surface area contributed by atoms with Gasteiger partial charge in [0.05, 0.1) is 12.3 Å². The van der Waals surface area contributed by atoms with Crippen LogP contribution in [-0.4, -0.2) is 24.5 Å². The molecule has 2 aromatic carbocycles. The van der Waals surface area contributed by atoms with Crippen molar-refractivity contribution in [3.8, 4) is 0 Å². The summed E-state index contributed by atoms with van der Waals surface area (Å²) >= 11 is 5.77. The second kappa shape index (κ2) is 7.85. The molecule has 0 aliphatic rings. The van der Waals surface area contributed by atoms with Crippen LogP contribution in [0.4, 0.5) is 4.39 Å². The van der Waals surface area contributed by atoms with Crippen LogP contribution in [0.25, 0.3) is 0 Å². The summed E-state index contributed by atoms with van der Waals surface area (Å²) in [6.07, 6.45) is 0. The number of rotatable bonds is 6. The Bertz CT molecular complexity index is 1050. The molecule has 1 N–H and O–H groups in total. The standard InChI is InChI=1S/C17H13ClFN3O4S/c18-13-5-1-11(2-6-13)10-27(24,25)17-22-21-15(26-17)9-20-16(23)12-3-7-14(19)8-4-12/h1-8H,9-10H2,(H,20,23). The number of halogens is 2. The highest BCUT2D eigenvalue weighted by Gasteiger charge is 2.23. The number of carbonyl (C=O) groups excluding carboxylic acids is 1. The van der Waals surface area contributed by atoms with E-state index in [4.69, 9.17) is 16.0 Å². The third kappa shape index (κ3) is 4.89. The number of carbonyl (C=O) groups is 1. The van der Waals surface area contributed by atoms with Gasteiger partial charge in [-0.1, -0.05) is 28.8 Å². The van der Waals surface area contributed by atoms with Crippen LogP contribution in [0.15, 0.2) is 58.2 Å². The zero-order chi connectivity index (χ0) is 19.4. The van der Waals surface area contributed by atoms with E-state index in [9.17, 15) is 17.6 Å². The van der Waals surface area contributed by atoms with Crippen LogP contribution in [0.2, 0.25) is 5.02 Å². The quantitative estimate of drug-likeness (QED) is 0.671. The topological polar surface area (TPSA) is 102 Å². The van der Waals surface area contributed by atoms with Crippen LogP contribution >= 0.6 is 11.6 Å². The van der Waals surface area contributed by atoms with E-state index < -0.39 is 26.8 Å². The predicted molar refractivity (Wildman–Crippen MR) is 94.2 cm³/mol. The van der Waals surface area contributed by atoms with Gasteiger partial charge in [0, 0.05) is 10.6 Å². The van der Waals surface area contributed by atoms with Crippen LogP contribution in [0.5, 0.6) is 0 Å². The molecule has 7 nitrogen and oxygen atoms in total. The highest BCUT2D eigenvalue weighted by Crippen LogP contribution is 2.17. The molecule has 0 radical (unpaired) electrons. The molecule has 0 saturated heterocycles. The van der Waals surface area contributed by atoms with Crippen molar-refractivity contribution in [1.82, 2.24) is 15.5 Å². The molecular weight excluding hydrogens is 397 g/mol. The van der Waals surface area contributed by atoms with Gasteiger partial charge in [0.15, 0.2) is 0 Å². The lowest BCUT2D eigenvalue weighted by Gasteiger charge is -2.02. The highest BCUT2D eigenvalue weighted by atomic mass is 35.5. The van der Waals surface area contributed by atoms with Gasteiger partial charge in [-0.15, -0.1) is 5.10 Å². The molecule has 0 fully saturated rings. The van der Waals surface area contributed by atoms with E-state index in [-0.39, 0.29) is 23.8 Å². The molecule has 1 amide bonds. The van der Waals surface area contributed by atoms with Crippen LogP contribution < -0.4 is 5.32 Å². The van der Waals surface area contributed by atoms with Crippen LogP contribution in [-0.2, 0) is 22.1 Å². The number of hydrogen-bond acceptors (Lipinski definition) is 6. The molecule has 0 bridgehead atoms. The number of nitrogens with zero attached hydrogens (tertiary/aromatic N) is 2. The molecule has 0 spiro atoms. The Labute approximate surface area is 159 Å². The first-order valence-corrected chi connectivity index (χ1v) is 9.70. The summed E-state index contributed by atoms with van der Waals surface area (Å²) in [5.74, 6) is -1.34. The van der Waals surface area contributed by atoms with E-state index in [2.05, 4.69) is 15.5 Å². The van der Waals surface area contributed by atoms with E-state index in [0.717, 1.165) is 12.1 Å². The summed E-state index contributed by atoms with van der Waals surface area (Å²) in [7, 11) is -3.84. The van der Waals surface area contributed by atoms with E-state index in [1.165, 1.54) is 12.1 Å². The lowest BCUT2D eigenvalue weighted by molar-refractivity contribution is 0.0946. The minimum atomic E-state index is -3.84. The minimum Gasteiger partial charge on any atom is -0.411 e. The van der Waals surface area contributed by atoms with Crippen molar-refractivity contribution in [3.63, 3.8) is 0 Å². The molecule has 140 valence electrons. The van der Waals surface area contributed by atoms with Crippen LogP contribution in [0.1, 0.15) is 21.8 Å². The Kier molecular flexibility index (Phi) is 5.52. The number of hydrogen-bond donors (Lipinski definition) is 1. The van der Waals surface area contributed by atoms with Gasteiger partial charge >= 0.3 is 5.22 Å². The maximum atomic E-state index is 12.9. The van der Waals surface area contributed by atoms with E-state index >= 15 is 0 Å². The zero-order valence-electron chi connectivity index (χ0n) is 13.7. The monoisotopic (exact) mass is 409 g/mol. The molecule has 0 aliphatic carbocycles. The summed E-state index contributed by atoms with van der Waals surface area (Å²) in [4.78, 5) is 11.9. The summed E-state index contributed by atoms with van der Waals surface area (Å²) in [6, 6.07) is 11.3. The fraction of sp³-hybridized carbons (Fsp3) is 0.118. The molecule has 0 atom stereocenters. The number of aromatic nitrogens is 2. The lowest BCUT2D eigenvalue weighted by atomic mass is 10.2. The Morgan fingerprint density at radius 1 is 1.07 bits per heavy atom. The van der Waals surface area contributed by atoms with Gasteiger partial charge in [-0.05, 0) is 42.0 Å². The number of nitrogens with one attached hydrogen (secondary N) is 1. The third-order valence-corrected chi connectivity index (χ3v) is 5.15. The molecule has 0 unspecified atom stereocenters. The average Bonchev–Trinajstić information content (AvgIpc) is 3.12. The molecule has 1 aromatic heterocycles. The van der Waals surface area contributed by atoms with Gasteiger partial charge < -0.3 is 9.73 Å². The molecular formula is C17H13ClFN3O4S. The van der Waals surface area contributed by atoms with Crippen molar-refractivity contribution in [2.24, 2.45) is 0 Å². The Morgan fingerprint density at radius 2 is 1.74 bits per heavy atom. The second-order valence-electron chi connectivity index (χ2n) is 5.54. The second-order valence-corrected chi connectivity index (χ2v) is 7.84. The normalized spacial score (nSPS) is 11.3. The minimum absolute atomic E-state index is 0.0693. The van der Waals surface area contributed by atoms with E-state index in [1.807, 2.05) is 0 Å². The van der Waals surface area contributed by atoms with E-state index in [0.29, 0.717) is 10.6 Å². The lowest BCUT2D eigenvalue weighted by Crippen LogP contribution is -2.22. The maximum Gasteiger partial charge on any atom is 0.335 e. The van der Waals surface area contributed by atoms with Gasteiger partial charge in [0.1, 0.15) is 5.82 Å². The van der Waals surface area contributed by atoms with Crippen molar-refractivity contribution in [2.45, 2.75) is 17.5 Å². The molecule has 27 heavy (non-hydrogen) atoms. The van der Waals surface area contributed by atoms with Crippen molar-refractivity contribution in [2.75, 3.05) is 0 Å². The SMILES string of the molecule is O=C(NCc1nnc(S(=O)(=O)Cc2ccc(Cl)cc2)o1)c1ccc(F)cc1. The summed E-state index contributed by atoms with van der Waals surface area (Å²) in [5.41, 5.74) is 0.760. The van der Waals surface area contributed by atoms with E-state index in [1.54, 1.807) is 24.3 Å². The molecule has 3 rings (SSSR count). The largest absolute Gasteiger partial charge is 0.411 e. The first kappa shape index (κ1) is 19.0. The molecule has 3 aromatic rings. The van der Waals surface area contributed by atoms with Crippen LogP contribution in [0.3, 0.4) is 0 Å². The summed E-state index contributed by atoms with van der Waals surface area (Å²) < 4.78 is 42.7. The van der Waals surface area contributed by atoms with Crippen molar-refractivity contribution < 1.29 is 22.0 Å². The van der Waals surface area contributed by atoms with Gasteiger partial charge in [-0.3, -0.25) is 4.79 Å². The molecule has 10 heteroatoms. The summed E-state index contributed by atoms with van der Waals surface area (Å²) in [5, 5.41) is 9.60. The fourth-order valence-electron chi connectivity index (χ4n) is 2.16. The smallest absolute Gasteiger partial charge is 0.335 e. The first-order chi connectivity index (χ1) is 12.8.